The van der Waals surface area contributed by atoms with Crippen molar-refractivity contribution in [1.82, 2.24) is 14.8 Å². The van der Waals surface area contributed by atoms with Crippen molar-refractivity contribution in [1.29, 1.82) is 0 Å². The Morgan fingerprint density at radius 2 is 2.29 bits per heavy atom. The topological polar surface area (TPSA) is 56.7 Å². The minimum atomic E-state index is 0.510. The van der Waals surface area contributed by atoms with Crippen LogP contribution in [0.3, 0.4) is 0 Å². The molecule has 2 rings (SSSR count). The summed E-state index contributed by atoms with van der Waals surface area (Å²) < 4.78 is 1.74. The molecule has 4 nitrogen and oxygen atoms in total. The van der Waals surface area contributed by atoms with Crippen LogP contribution in [0.2, 0.25) is 5.02 Å². The fourth-order valence-corrected chi connectivity index (χ4v) is 2.63. The molecule has 0 aliphatic rings. The van der Waals surface area contributed by atoms with Crippen molar-refractivity contribution in [2.75, 3.05) is 0 Å². The zero-order valence-corrected chi connectivity index (χ0v) is 11.0. The van der Waals surface area contributed by atoms with Crippen molar-refractivity contribution in [2.45, 2.75) is 17.5 Å². The minimum Gasteiger partial charge on any atom is -0.326 e. The van der Waals surface area contributed by atoms with Gasteiger partial charge < -0.3 is 5.73 Å². The van der Waals surface area contributed by atoms with E-state index in [0.717, 1.165) is 27.1 Å². The summed E-state index contributed by atoms with van der Waals surface area (Å²) in [6, 6.07) is 5.92. The first-order valence-corrected chi connectivity index (χ1v) is 6.51. The lowest BCUT2D eigenvalue weighted by Gasteiger charge is -2.05. The molecule has 0 atom stereocenters. The van der Waals surface area contributed by atoms with Crippen LogP contribution in [0.5, 0.6) is 0 Å². The third kappa shape index (κ3) is 3.00. The Morgan fingerprint density at radius 3 is 2.88 bits per heavy atom. The highest BCUT2D eigenvalue weighted by Crippen LogP contribution is 2.25. The van der Waals surface area contributed by atoms with Crippen LogP contribution in [0.1, 0.15) is 11.1 Å². The maximum Gasteiger partial charge on any atom is 0.186 e. The number of aryl methyl sites for hydroxylation is 1. The van der Waals surface area contributed by atoms with Crippen LogP contribution in [-0.4, -0.2) is 14.8 Å². The van der Waals surface area contributed by atoms with Crippen LogP contribution in [0.15, 0.2) is 29.7 Å². The first-order valence-electron chi connectivity index (χ1n) is 5.15. The molecule has 1 aromatic carbocycles. The third-order valence-corrected chi connectivity index (χ3v) is 3.81. The molecule has 0 aliphatic carbocycles. The van der Waals surface area contributed by atoms with Crippen LogP contribution >= 0.6 is 23.4 Å². The maximum absolute atomic E-state index is 6.18. The summed E-state index contributed by atoms with van der Waals surface area (Å²) in [5.41, 5.74) is 7.68. The van der Waals surface area contributed by atoms with Gasteiger partial charge in [-0.1, -0.05) is 35.5 Å². The maximum atomic E-state index is 6.18. The molecule has 1 heterocycles. The van der Waals surface area contributed by atoms with Gasteiger partial charge in [0.15, 0.2) is 5.16 Å². The summed E-state index contributed by atoms with van der Waals surface area (Å²) in [5.74, 6) is 0.774. The number of aromatic nitrogens is 3. The molecule has 0 unspecified atom stereocenters. The quantitative estimate of drug-likeness (QED) is 0.864. The van der Waals surface area contributed by atoms with Gasteiger partial charge in [0.05, 0.1) is 0 Å². The molecule has 0 bridgehead atoms. The van der Waals surface area contributed by atoms with Gasteiger partial charge in [-0.2, -0.15) is 5.10 Å². The van der Waals surface area contributed by atoms with Crippen LogP contribution in [0.4, 0.5) is 0 Å². The second-order valence-electron chi connectivity index (χ2n) is 3.58. The van der Waals surface area contributed by atoms with Crippen molar-refractivity contribution < 1.29 is 0 Å². The van der Waals surface area contributed by atoms with Crippen molar-refractivity contribution in [2.24, 2.45) is 12.8 Å². The van der Waals surface area contributed by atoms with E-state index in [4.69, 9.17) is 17.3 Å². The van der Waals surface area contributed by atoms with Gasteiger partial charge in [-0.25, -0.2) is 9.67 Å². The van der Waals surface area contributed by atoms with E-state index in [1.165, 1.54) is 0 Å². The lowest BCUT2D eigenvalue weighted by molar-refractivity contribution is 0.685. The Kier molecular flexibility index (Phi) is 4.04. The Labute approximate surface area is 109 Å². The van der Waals surface area contributed by atoms with E-state index in [9.17, 15) is 0 Å². The number of hydrogen-bond donors (Lipinski definition) is 1. The fraction of sp³-hybridized carbons (Fsp3) is 0.273. The molecule has 17 heavy (non-hydrogen) atoms. The van der Waals surface area contributed by atoms with Crippen LogP contribution in [-0.2, 0) is 19.3 Å². The van der Waals surface area contributed by atoms with Crippen molar-refractivity contribution in [3.63, 3.8) is 0 Å². The smallest absolute Gasteiger partial charge is 0.186 e. The van der Waals surface area contributed by atoms with E-state index in [1.807, 2.05) is 25.2 Å². The molecular formula is C11H13ClN4S. The molecule has 1 aromatic heterocycles. The number of hydrogen-bond acceptors (Lipinski definition) is 4. The molecule has 0 saturated carbocycles. The van der Waals surface area contributed by atoms with Crippen molar-refractivity contribution >= 4 is 23.4 Å². The van der Waals surface area contributed by atoms with Gasteiger partial charge >= 0.3 is 0 Å². The molecule has 0 spiro atoms. The third-order valence-electron chi connectivity index (χ3n) is 2.38. The highest BCUT2D eigenvalue weighted by atomic mass is 35.5. The normalized spacial score (nSPS) is 10.8. The average Bonchev–Trinajstić information content (AvgIpc) is 2.73. The number of benzene rings is 1. The molecule has 0 aliphatic heterocycles. The Hall–Kier alpha value is -1.04. The largest absolute Gasteiger partial charge is 0.326 e. The van der Waals surface area contributed by atoms with Gasteiger partial charge in [-0.15, -0.1) is 0 Å². The zero-order chi connectivity index (χ0) is 12.3. The standard InChI is InChI=1S/C11H13ClN4S/c1-16-11(14-7-15-16)17-6-9-3-2-8(5-13)4-10(9)12/h2-4,7H,5-6,13H2,1H3. The molecule has 0 fully saturated rings. The monoisotopic (exact) mass is 268 g/mol. The molecule has 6 heteroatoms. The predicted molar refractivity (Wildman–Crippen MR) is 69.9 cm³/mol. The zero-order valence-electron chi connectivity index (χ0n) is 9.43. The Balaban J connectivity index is 2.07. The van der Waals surface area contributed by atoms with Gasteiger partial charge in [0.25, 0.3) is 0 Å². The predicted octanol–water partition coefficient (Wildman–Crippen LogP) is 2.22. The van der Waals surface area contributed by atoms with Gasteiger partial charge in [-0.05, 0) is 17.2 Å². The first kappa shape index (κ1) is 12.4. The van der Waals surface area contributed by atoms with E-state index in [-0.39, 0.29) is 0 Å². The second-order valence-corrected chi connectivity index (χ2v) is 4.93. The Bertz CT molecular complexity index is 512. The summed E-state index contributed by atoms with van der Waals surface area (Å²) in [5, 5.41) is 5.65. The van der Waals surface area contributed by atoms with E-state index in [0.29, 0.717) is 6.54 Å². The van der Waals surface area contributed by atoms with Gasteiger partial charge in [0, 0.05) is 24.4 Å². The van der Waals surface area contributed by atoms with Gasteiger partial charge in [-0.3, -0.25) is 0 Å². The summed E-state index contributed by atoms with van der Waals surface area (Å²) in [6.45, 7) is 0.510. The molecule has 0 amide bonds. The summed E-state index contributed by atoms with van der Waals surface area (Å²) in [7, 11) is 1.87. The molecule has 0 radical (unpaired) electrons. The number of halogens is 1. The Morgan fingerprint density at radius 1 is 1.47 bits per heavy atom. The lowest BCUT2D eigenvalue weighted by atomic mass is 10.1. The molecule has 2 aromatic rings. The summed E-state index contributed by atoms with van der Waals surface area (Å²) in [6.07, 6.45) is 1.54. The van der Waals surface area contributed by atoms with Crippen molar-refractivity contribution in [3.05, 3.63) is 40.7 Å². The highest BCUT2D eigenvalue weighted by molar-refractivity contribution is 7.98. The van der Waals surface area contributed by atoms with E-state index < -0.39 is 0 Å². The minimum absolute atomic E-state index is 0.510. The summed E-state index contributed by atoms with van der Waals surface area (Å²) >= 11 is 7.78. The lowest BCUT2D eigenvalue weighted by Crippen LogP contribution is -1.97. The van der Waals surface area contributed by atoms with Gasteiger partial charge in [0.1, 0.15) is 6.33 Å². The number of nitrogens with zero attached hydrogens (tertiary/aromatic N) is 3. The van der Waals surface area contributed by atoms with Crippen LogP contribution in [0.25, 0.3) is 0 Å². The molecule has 90 valence electrons. The van der Waals surface area contributed by atoms with E-state index in [1.54, 1.807) is 22.8 Å². The number of thioether (sulfide) groups is 1. The van der Waals surface area contributed by atoms with E-state index >= 15 is 0 Å². The SMILES string of the molecule is Cn1ncnc1SCc1ccc(CN)cc1Cl. The first-order chi connectivity index (χ1) is 8.20. The molecule has 2 N–H and O–H groups in total. The second kappa shape index (κ2) is 5.53. The highest BCUT2D eigenvalue weighted by Gasteiger charge is 2.05. The average molecular weight is 269 g/mol. The summed E-state index contributed by atoms with van der Waals surface area (Å²) in [4.78, 5) is 4.15. The number of rotatable bonds is 4. The van der Waals surface area contributed by atoms with Gasteiger partial charge in [0.2, 0.25) is 0 Å². The van der Waals surface area contributed by atoms with Crippen LogP contribution < -0.4 is 5.73 Å². The fourth-order valence-electron chi connectivity index (χ4n) is 1.39. The van der Waals surface area contributed by atoms with Crippen molar-refractivity contribution in [3.8, 4) is 0 Å². The molecule has 0 saturated heterocycles. The number of nitrogens with two attached hydrogens (primary N) is 1. The molecular weight excluding hydrogens is 256 g/mol. The van der Waals surface area contributed by atoms with Crippen LogP contribution in [0, 0.1) is 0 Å². The van der Waals surface area contributed by atoms with E-state index in [2.05, 4.69) is 10.1 Å².